The summed E-state index contributed by atoms with van der Waals surface area (Å²) in [6.07, 6.45) is 3.60. The Bertz CT molecular complexity index is 654. The highest BCUT2D eigenvalue weighted by atomic mass is 15.1. The van der Waals surface area contributed by atoms with E-state index in [1.807, 2.05) is 36.0 Å². The maximum atomic E-state index is 5.78. The number of benzene rings is 1. The number of aromatic nitrogens is 3. The second-order valence-electron chi connectivity index (χ2n) is 3.56. The lowest BCUT2D eigenvalue weighted by Crippen LogP contribution is -1.95. The van der Waals surface area contributed by atoms with Gasteiger partial charge in [0, 0.05) is 30.2 Å². The maximum Gasteiger partial charge on any atom is 0.200 e. The number of nitrogens with two attached hydrogens (primary N) is 1. The van der Waals surface area contributed by atoms with Gasteiger partial charge < -0.3 is 10.3 Å². The van der Waals surface area contributed by atoms with Gasteiger partial charge in [-0.3, -0.25) is 4.98 Å². The molecule has 2 aromatic heterocycles. The van der Waals surface area contributed by atoms with E-state index in [-0.39, 0.29) is 0 Å². The molecular formula is C11H10N4. The van der Waals surface area contributed by atoms with Crippen molar-refractivity contribution in [1.82, 2.24) is 14.5 Å². The summed E-state index contributed by atoms with van der Waals surface area (Å²) >= 11 is 0. The number of nitrogens with zero attached hydrogens (tertiary/aromatic N) is 3. The van der Waals surface area contributed by atoms with Gasteiger partial charge in [0.05, 0.1) is 11.0 Å². The number of nitrogen functional groups attached to an aromatic ring is 1. The Morgan fingerprint density at radius 3 is 3.00 bits per heavy atom. The average Bonchev–Trinajstić information content (AvgIpc) is 2.56. The van der Waals surface area contributed by atoms with E-state index >= 15 is 0 Å². The number of hydrogen-bond donors (Lipinski definition) is 1. The van der Waals surface area contributed by atoms with E-state index < -0.39 is 0 Å². The number of pyridine rings is 1. The van der Waals surface area contributed by atoms with Gasteiger partial charge in [0.2, 0.25) is 5.95 Å². The summed E-state index contributed by atoms with van der Waals surface area (Å²) in [5.41, 5.74) is 7.77. The molecule has 0 saturated carbocycles. The van der Waals surface area contributed by atoms with E-state index in [0.29, 0.717) is 5.95 Å². The molecule has 4 nitrogen and oxygen atoms in total. The van der Waals surface area contributed by atoms with Crippen LogP contribution in [0.25, 0.3) is 21.8 Å². The van der Waals surface area contributed by atoms with Crippen LogP contribution in [0.5, 0.6) is 0 Å². The number of imidazole rings is 1. The minimum absolute atomic E-state index is 0.536. The minimum Gasteiger partial charge on any atom is -0.369 e. The van der Waals surface area contributed by atoms with Gasteiger partial charge in [-0.1, -0.05) is 6.07 Å². The first kappa shape index (κ1) is 8.23. The minimum atomic E-state index is 0.536. The zero-order valence-electron chi connectivity index (χ0n) is 8.31. The third-order valence-electron chi connectivity index (χ3n) is 2.70. The van der Waals surface area contributed by atoms with Crippen molar-refractivity contribution in [2.75, 3.05) is 5.73 Å². The predicted molar refractivity (Wildman–Crippen MR) is 60.4 cm³/mol. The highest BCUT2D eigenvalue weighted by Crippen LogP contribution is 2.24. The van der Waals surface area contributed by atoms with Crippen molar-refractivity contribution in [3.63, 3.8) is 0 Å². The molecule has 0 fully saturated rings. The van der Waals surface area contributed by atoms with Gasteiger partial charge in [0.1, 0.15) is 0 Å². The van der Waals surface area contributed by atoms with Gasteiger partial charge in [-0.05, 0) is 12.1 Å². The molecule has 0 bridgehead atoms. The van der Waals surface area contributed by atoms with Gasteiger partial charge in [0.15, 0.2) is 0 Å². The van der Waals surface area contributed by atoms with Crippen LogP contribution < -0.4 is 5.73 Å². The predicted octanol–water partition coefficient (Wildman–Crippen LogP) is 1.70. The molecule has 0 unspecified atom stereocenters. The van der Waals surface area contributed by atoms with Gasteiger partial charge >= 0.3 is 0 Å². The van der Waals surface area contributed by atoms with Crippen LogP contribution in [-0.2, 0) is 7.05 Å². The SMILES string of the molecule is Cn1c(N)nc2c3ccncc3ccc21. The summed E-state index contributed by atoms with van der Waals surface area (Å²) in [6.45, 7) is 0. The molecule has 0 spiro atoms. The third-order valence-corrected chi connectivity index (χ3v) is 2.70. The van der Waals surface area contributed by atoms with Crippen LogP contribution in [0.15, 0.2) is 30.6 Å². The maximum absolute atomic E-state index is 5.78. The molecule has 0 amide bonds. The summed E-state index contributed by atoms with van der Waals surface area (Å²) in [6, 6.07) is 6.01. The van der Waals surface area contributed by atoms with Crippen molar-refractivity contribution in [3.05, 3.63) is 30.6 Å². The zero-order valence-corrected chi connectivity index (χ0v) is 8.31. The number of aryl methyl sites for hydroxylation is 1. The van der Waals surface area contributed by atoms with Crippen LogP contribution >= 0.6 is 0 Å². The Hall–Kier alpha value is -2.10. The van der Waals surface area contributed by atoms with E-state index in [1.54, 1.807) is 6.20 Å². The second-order valence-corrected chi connectivity index (χ2v) is 3.56. The molecule has 0 aliphatic rings. The largest absolute Gasteiger partial charge is 0.369 e. The van der Waals surface area contributed by atoms with Crippen molar-refractivity contribution >= 4 is 27.8 Å². The summed E-state index contributed by atoms with van der Waals surface area (Å²) in [5.74, 6) is 0.536. The summed E-state index contributed by atoms with van der Waals surface area (Å²) in [5, 5.41) is 2.18. The molecule has 3 rings (SSSR count). The first-order valence-electron chi connectivity index (χ1n) is 4.72. The van der Waals surface area contributed by atoms with E-state index in [9.17, 15) is 0 Å². The molecule has 1 aromatic carbocycles. The van der Waals surface area contributed by atoms with E-state index in [1.165, 1.54) is 0 Å². The van der Waals surface area contributed by atoms with E-state index in [0.717, 1.165) is 21.8 Å². The molecule has 0 saturated heterocycles. The van der Waals surface area contributed by atoms with Crippen LogP contribution in [0, 0.1) is 0 Å². The van der Waals surface area contributed by atoms with Gasteiger partial charge in [-0.15, -0.1) is 0 Å². The first-order valence-corrected chi connectivity index (χ1v) is 4.72. The Morgan fingerprint density at radius 2 is 2.13 bits per heavy atom. The fourth-order valence-electron chi connectivity index (χ4n) is 1.84. The van der Waals surface area contributed by atoms with Crippen molar-refractivity contribution in [2.24, 2.45) is 7.05 Å². The highest BCUT2D eigenvalue weighted by molar-refractivity contribution is 6.04. The fourth-order valence-corrected chi connectivity index (χ4v) is 1.84. The molecule has 0 aliphatic heterocycles. The molecule has 74 valence electrons. The molecule has 0 atom stereocenters. The smallest absolute Gasteiger partial charge is 0.200 e. The summed E-state index contributed by atoms with van der Waals surface area (Å²) in [7, 11) is 1.91. The molecular weight excluding hydrogens is 188 g/mol. The number of anilines is 1. The van der Waals surface area contributed by atoms with Gasteiger partial charge in [0.25, 0.3) is 0 Å². The zero-order chi connectivity index (χ0) is 10.4. The standard InChI is InChI=1S/C11H10N4/c1-15-9-3-2-7-6-13-5-4-8(7)10(9)14-11(15)12/h2-6H,1H3,(H2,12,14). The van der Waals surface area contributed by atoms with Crippen molar-refractivity contribution in [1.29, 1.82) is 0 Å². The number of rotatable bonds is 0. The van der Waals surface area contributed by atoms with Crippen LogP contribution in [-0.4, -0.2) is 14.5 Å². The first-order chi connectivity index (χ1) is 7.27. The molecule has 2 N–H and O–H groups in total. The quantitative estimate of drug-likeness (QED) is 0.598. The van der Waals surface area contributed by atoms with Crippen LogP contribution in [0.1, 0.15) is 0 Å². The Kier molecular flexibility index (Phi) is 1.48. The Morgan fingerprint density at radius 1 is 1.27 bits per heavy atom. The lowest BCUT2D eigenvalue weighted by molar-refractivity contribution is 0.965. The van der Waals surface area contributed by atoms with Crippen molar-refractivity contribution in [2.45, 2.75) is 0 Å². The van der Waals surface area contributed by atoms with Crippen molar-refractivity contribution < 1.29 is 0 Å². The molecule has 3 aromatic rings. The molecule has 4 heteroatoms. The molecule has 15 heavy (non-hydrogen) atoms. The topological polar surface area (TPSA) is 56.7 Å². The van der Waals surface area contributed by atoms with Gasteiger partial charge in [-0.2, -0.15) is 0 Å². The fraction of sp³-hybridized carbons (Fsp3) is 0.0909. The van der Waals surface area contributed by atoms with Crippen LogP contribution in [0.2, 0.25) is 0 Å². The highest BCUT2D eigenvalue weighted by Gasteiger charge is 2.07. The number of fused-ring (bicyclic) bond motifs is 3. The molecule has 2 heterocycles. The Balaban J connectivity index is 2.60. The van der Waals surface area contributed by atoms with Crippen LogP contribution in [0.3, 0.4) is 0 Å². The summed E-state index contributed by atoms with van der Waals surface area (Å²) in [4.78, 5) is 8.44. The average molecular weight is 198 g/mol. The van der Waals surface area contributed by atoms with E-state index in [4.69, 9.17) is 5.73 Å². The number of hydrogen-bond acceptors (Lipinski definition) is 3. The monoisotopic (exact) mass is 198 g/mol. The van der Waals surface area contributed by atoms with E-state index in [2.05, 4.69) is 9.97 Å². The molecule has 0 radical (unpaired) electrons. The second kappa shape index (κ2) is 2.70. The van der Waals surface area contributed by atoms with Crippen molar-refractivity contribution in [3.8, 4) is 0 Å². The Labute approximate surface area is 86.4 Å². The molecule has 0 aliphatic carbocycles. The lowest BCUT2D eigenvalue weighted by Gasteiger charge is -1.98. The normalized spacial score (nSPS) is 11.3. The van der Waals surface area contributed by atoms with Gasteiger partial charge in [-0.25, -0.2) is 4.98 Å². The lowest BCUT2D eigenvalue weighted by atomic mass is 10.1. The third kappa shape index (κ3) is 1.01. The van der Waals surface area contributed by atoms with Crippen LogP contribution in [0.4, 0.5) is 5.95 Å². The summed E-state index contributed by atoms with van der Waals surface area (Å²) < 4.78 is 1.88.